The van der Waals surface area contributed by atoms with Gasteiger partial charge in [-0.05, 0) is 12.1 Å². The van der Waals surface area contributed by atoms with Gasteiger partial charge in [-0.3, -0.25) is 4.79 Å². The first kappa shape index (κ1) is 31.1. The molecule has 0 aliphatic carbocycles. The van der Waals surface area contributed by atoms with Crippen LogP contribution in [0.5, 0.6) is 0 Å². The Morgan fingerprint density at radius 1 is 0.897 bits per heavy atom. The zero-order valence-electron chi connectivity index (χ0n) is 19.6. The van der Waals surface area contributed by atoms with Crippen LogP contribution in [-0.4, -0.2) is 99.2 Å². The van der Waals surface area contributed by atoms with Gasteiger partial charge in [0.25, 0.3) is 5.91 Å². The molecule has 0 aromatic carbocycles. The number of carboxylic acid groups (broad SMARTS) is 2. The topological polar surface area (TPSA) is 146 Å². The van der Waals surface area contributed by atoms with Crippen molar-refractivity contribution in [3.63, 3.8) is 0 Å². The molecule has 2 fully saturated rings. The Kier molecular flexibility index (Phi) is 10.5. The average Bonchev–Trinajstić information content (AvgIpc) is 3.15. The molecule has 4 rings (SSSR count). The van der Waals surface area contributed by atoms with Crippen LogP contribution in [-0.2, 0) is 14.3 Å². The van der Waals surface area contributed by atoms with Gasteiger partial charge in [0.15, 0.2) is 0 Å². The molecule has 2 aliphatic rings. The Bertz CT molecular complexity index is 1110. The number of halogens is 7. The van der Waals surface area contributed by atoms with E-state index in [0.29, 0.717) is 31.2 Å². The van der Waals surface area contributed by atoms with E-state index in [1.807, 2.05) is 0 Å². The fourth-order valence-corrected chi connectivity index (χ4v) is 3.41. The van der Waals surface area contributed by atoms with Crippen molar-refractivity contribution in [3.05, 3.63) is 48.3 Å². The maximum atomic E-state index is 13.3. The molecule has 11 nitrogen and oxygen atoms in total. The molecule has 2 aromatic heterocycles. The highest BCUT2D eigenvalue weighted by atomic mass is 19.4. The minimum atomic E-state index is -5.08. The molecule has 214 valence electrons. The summed E-state index contributed by atoms with van der Waals surface area (Å²) >= 11 is 0. The highest BCUT2D eigenvalue weighted by Gasteiger charge is 2.40. The van der Waals surface area contributed by atoms with Crippen molar-refractivity contribution in [1.29, 1.82) is 0 Å². The molecule has 2 aromatic rings. The number of rotatable bonds is 2. The summed E-state index contributed by atoms with van der Waals surface area (Å²) in [5.41, 5.74) is 0.312. The molecule has 0 unspecified atom stereocenters. The van der Waals surface area contributed by atoms with Crippen molar-refractivity contribution in [2.75, 3.05) is 37.7 Å². The number of aliphatic carboxylic acids is 2. The van der Waals surface area contributed by atoms with E-state index in [9.17, 15) is 35.5 Å². The third-order valence-corrected chi connectivity index (χ3v) is 5.11. The van der Waals surface area contributed by atoms with Crippen LogP contribution in [0.3, 0.4) is 0 Å². The average molecular weight is 571 g/mol. The largest absolute Gasteiger partial charge is 0.490 e. The number of carbonyl (C=O) groups is 3. The Hall–Kier alpha value is -4.09. The summed E-state index contributed by atoms with van der Waals surface area (Å²) in [6, 6.07) is 4.48. The third kappa shape index (κ3) is 9.62. The molecule has 39 heavy (non-hydrogen) atoms. The molecule has 0 spiro atoms. The molecule has 4 heterocycles. The van der Waals surface area contributed by atoms with Gasteiger partial charge in [-0.2, -0.15) is 30.7 Å². The minimum Gasteiger partial charge on any atom is -0.475 e. The number of amides is 1. The van der Waals surface area contributed by atoms with Crippen molar-refractivity contribution < 1.29 is 60.1 Å². The number of anilines is 1. The number of aromatic nitrogens is 3. The summed E-state index contributed by atoms with van der Waals surface area (Å²) in [5.74, 6) is -5.52. The van der Waals surface area contributed by atoms with E-state index in [1.165, 1.54) is 18.3 Å². The zero-order valence-corrected chi connectivity index (χ0v) is 19.6. The number of pyridine rings is 1. The molecule has 2 N–H and O–H groups in total. The predicted octanol–water partition coefficient (Wildman–Crippen LogP) is 2.25. The summed E-state index contributed by atoms with van der Waals surface area (Å²) in [5, 5.41) is 14.2. The fraction of sp³-hybridized carbons (Fsp3) is 0.429. The number of fused-ring (bicyclic) bond motifs is 1. The highest BCUT2D eigenvalue weighted by molar-refractivity contribution is 5.94. The monoisotopic (exact) mass is 571 g/mol. The van der Waals surface area contributed by atoms with Gasteiger partial charge in [-0.1, -0.05) is 0 Å². The zero-order chi connectivity index (χ0) is 29.4. The lowest BCUT2D eigenvalue weighted by molar-refractivity contribution is -0.193. The van der Waals surface area contributed by atoms with Gasteiger partial charge in [0.2, 0.25) is 11.9 Å². The maximum Gasteiger partial charge on any atom is 0.490 e. The smallest absolute Gasteiger partial charge is 0.475 e. The first-order valence-electron chi connectivity index (χ1n) is 10.7. The van der Waals surface area contributed by atoms with E-state index in [0.717, 1.165) is 13.1 Å². The highest BCUT2D eigenvalue weighted by Crippen LogP contribution is 2.26. The lowest BCUT2D eigenvalue weighted by atomic mass is 10.1. The van der Waals surface area contributed by atoms with Crippen molar-refractivity contribution in [2.24, 2.45) is 5.92 Å². The summed E-state index contributed by atoms with van der Waals surface area (Å²) in [4.78, 5) is 46.3. The van der Waals surface area contributed by atoms with Crippen LogP contribution in [0.1, 0.15) is 10.4 Å². The van der Waals surface area contributed by atoms with E-state index >= 15 is 0 Å². The normalized spacial score (nSPS) is 18.9. The van der Waals surface area contributed by atoms with E-state index in [-0.39, 0.29) is 17.9 Å². The molecule has 0 radical (unpaired) electrons. The molecule has 2 aliphatic heterocycles. The molecule has 0 saturated carbocycles. The second-order valence-electron chi connectivity index (χ2n) is 7.85. The molecular weight excluding hydrogens is 551 g/mol. The number of carbonyl (C=O) groups excluding carboxylic acids is 1. The summed E-state index contributed by atoms with van der Waals surface area (Å²) in [6.45, 7) is 3.09. The van der Waals surface area contributed by atoms with Crippen LogP contribution in [0.15, 0.2) is 36.8 Å². The van der Waals surface area contributed by atoms with Gasteiger partial charge in [0, 0.05) is 62.3 Å². The molecule has 0 bridgehead atoms. The first-order valence-corrected chi connectivity index (χ1v) is 10.7. The summed E-state index contributed by atoms with van der Waals surface area (Å²) < 4.78 is 82.7. The number of likely N-dealkylation sites (tertiary alicyclic amines) is 1. The summed E-state index contributed by atoms with van der Waals surface area (Å²) in [7, 11) is 0. The van der Waals surface area contributed by atoms with Crippen LogP contribution in [0.25, 0.3) is 0 Å². The summed E-state index contributed by atoms with van der Waals surface area (Å²) in [6.07, 6.45) is -5.45. The van der Waals surface area contributed by atoms with Crippen LogP contribution >= 0.6 is 0 Å². The van der Waals surface area contributed by atoms with Gasteiger partial charge in [-0.15, -0.1) is 0 Å². The second kappa shape index (κ2) is 13.1. The number of ether oxygens (including phenoxy) is 1. The number of alkyl halides is 6. The van der Waals surface area contributed by atoms with Gasteiger partial charge in [-0.25, -0.2) is 24.5 Å². The quantitative estimate of drug-likeness (QED) is 0.407. The molecule has 1 amide bonds. The van der Waals surface area contributed by atoms with E-state index in [1.54, 1.807) is 23.4 Å². The second-order valence-corrected chi connectivity index (χ2v) is 7.85. The van der Waals surface area contributed by atoms with E-state index < -0.39 is 30.2 Å². The van der Waals surface area contributed by atoms with Crippen LogP contribution < -0.4 is 4.90 Å². The molecule has 2 saturated heterocycles. The van der Waals surface area contributed by atoms with E-state index in [2.05, 4.69) is 19.9 Å². The fourth-order valence-electron chi connectivity index (χ4n) is 3.41. The molecule has 2 atom stereocenters. The third-order valence-electron chi connectivity index (χ3n) is 5.11. The Labute approximate surface area is 214 Å². The van der Waals surface area contributed by atoms with Gasteiger partial charge in [0.05, 0.1) is 12.7 Å². The Balaban J connectivity index is 0.000000317. The van der Waals surface area contributed by atoms with Gasteiger partial charge < -0.3 is 24.7 Å². The standard InChI is InChI=1S/C17H18FN5O2.2C2HF3O2/c18-15-8-12(2-5-19-15)16(24)23-10-13-9-22(6-7-25-14(13)11-23)17-20-3-1-4-21-17;2*3-2(4,5)1(6)7/h1-5,8,13-14H,6-7,9-11H2;2*(H,6,7)/t13-,14+;;/m0../s1. The lowest BCUT2D eigenvalue weighted by Gasteiger charge is -2.23. The number of carboxylic acids is 2. The molecular formula is C21H20F7N5O6. The van der Waals surface area contributed by atoms with Crippen LogP contribution in [0, 0.1) is 11.9 Å². The number of hydrogen-bond acceptors (Lipinski definition) is 8. The van der Waals surface area contributed by atoms with E-state index in [4.69, 9.17) is 24.5 Å². The van der Waals surface area contributed by atoms with Crippen molar-refractivity contribution in [2.45, 2.75) is 18.5 Å². The van der Waals surface area contributed by atoms with Crippen molar-refractivity contribution in [3.8, 4) is 0 Å². The van der Waals surface area contributed by atoms with Crippen LogP contribution in [0.4, 0.5) is 36.7 Å². The minimum absolute atomic E-state index is 0.0238. The number of nitrogens with zero attached hydrogens (tertiary/aromatic N) is 5. The van der Waals surface area contributed by atoms with Crippen molar-refractivity contribution >= 4 is 23.8 Å². The number of hydrogen-bond donors (Lipinski definition) is 2. The van der Waals surface area contributed by atoms with Crippen LogP contribution in [0.2, 0.25) is 0 Å². The van der Waals surface area contributed by atoms with Gasteiger partial charge in [0.1, 0.15) is 0 Å². The Morgan fingerprint density at radius 3 is 1.97 bits per heavy atom. The Morgan fingerprint density at radius 2 is 1.46 bits per heavy atom. The van der Waals surface area contributed by atoms with Gasteiger partial charge >= 0.3 is 24.3 Å². The van der Waals surface area contributed by atoms with Crippen molar-refractivity contribution in [1.82, 2.24) is 19.9 Å². The first-order chi connectivity index (χ1) is 18.1. The lowest BCUT2D eigenvalue weighted by Crippen LogP contribution is -2.34. The molecule has 18 heteroatoms. The maximum absolute atomic E-state index is 13.3. The SMILES string of the molecule is O=C(O)C(F)(F)F.O=C(O)C(F)(F)F.O=C(c1ccnc(F)c1)N1C[C@@H]2CN(c3ncccn3)CCO[C@@H]2C1. The predicted molar refractivity (Wildman–Crippen MR) is 115 cm³/mol.